The normalized spacial score (nSPS) is 10.5. The third-order valence-corrected chi connectivity index (χ3v) is 4.37. The van der Waals surface area contributed by atoms with Crippen LogP contribution < -0.4 is 4.74 Å². The van der Waals surface area contributed by atoms with E-state index in [4.69, 9.17) is 4.74 Å². The van der Waals surface area contributed by atoms with E-state index in [1.54, 1.807) is 0 Å². The van der Waals surface area contributed by atoms with Gasteiger partial charge < -0.3 is 4.74 Å². The number of hydrogen-bond donors (Lipinski definition) is 0. The fourth-order valence-electron chi connectivity index (χ4n) is 2.37. The molecule has 0 unspecified atom stereocenters. The van der Waals surface area contributed by atoms with Crippen molar-refractivity contribution in [2.24, 2.45) is 0 Å². The molecule has 0 aliphatic rings. The first kappa shape index (κ1) is 15.4. The molecule has 0 saturated heterocycles. The van der Waals surface area contributed by atoms with Gasteiger partial charge in [-0.3, -0.25) is 4.79 Å². The van der Waals surface area contributed by atoms with Crippen LogP contribution in [0.2, 0.25) is 0 Å². The van der Waals surface area contributed by atoms with E-state index in [9.17, 15) is 4.79 Å². The second kappa shape index (κ2) is 7.20. The molecule has 0 aliphatic carbocycles. The highest BCUT2D eigenvalue weighted by atomic mass is 32.1. The SMILES string of the molecule is CCc1cc(-c2csc(C=O)n2)ccc1OCc1ccccc1. The molecule has 116 valence electrons. The van der Waals surface area contributed by atoms with E-state index in [1.807, 2.05) is 35.7 Å². The van der Waals surface area contributed by atoms with Gasteiger partial charge in [0.15, 0.2) is 11.3 Å². The fourth-order valence-corrected chi connectivity index (χ4v) is 2.99. The summed E-state index contributed by atoms with van der Waals surface area (Å²) in [6.45, 7) is 2.66. The Morgan fingerprint density at radius 2 is 2.00 bits per heavy atom. The molecular weight excluding hydrogens is 306 g/mol. The summed E-state index contributed by atoms with van der Waals surface area (Å²) in [6, 6.07) is 16.2. The molecule has 0 aliphatic heterocycles. The minimum absolute atomic E-state index is 0.502. The Hall–Kier alpha value is -2.46. The van der Waals surface area contributed by atoms with Gasteiger partial charge in [0.2, 0.25) is 0 Å². The second-order valence-corrected chi connectivity index (χ2v) is 6.03. The maximum atomic E-state index is 10.8. The van der Waals surface area contributed by atoms with Gasteiger partial charge >= 0.3 is 0 Å². The highest BCUT2D eigenvalue weighted by Crippen LogP contribution is 2.28. The Bertz CT molecular complexity index is 796. The number of ether oxygens (including phenoxy) is 1. The van der Waals surface area contributed by atoms with E-state index < -0.39 is 0 Å². The van der Waals surface area contributed by atoms with Crippen molar-refractivity contribution in [2.45, 2.75) is 20.0 Å². The smallest absolute Gasteiger partial charge is 0.178 e. The van der Waals surface area contributed by atoms with Crippen molar-refractivity contribution in [1.82, 2.24) is 4.98 Å². The summed E-state index contributed by atoms with van der Waals surface area (Å²) in [7, 11) is 0. The van der Waals surface area contributed by atoms with Crippen molar-refractivity contribution in [3.05, 3.63) is 70.0 Å². The Balaban J connectivity index is 1.80. The second-order valence-electron chi connectivity index (χ2n) is 5.14. The average molecular weight is 323 g/mol. The monoisotopic (exact) mass is 323 g/mol. The molecule has 0 spiro atoms. The van der Waals surface area contributed by atoms with Crippen molar-refractivity contribution >= 4 is 17.6 Å². The minimum Gasteiger partial charge on any atom is -0.489 e. The fraction of sp³-hybridized carbons (Fsp3) is 0.158. The van der Waals surface area contributed by atoms with Gasteiger partial charge in [-0.2, -0.15) is 0 Å². The number of aldehydes is 1. The number of aryl methyl sites for hydroxylation is 1. The zero-order valence-corrected chi connectivity index (χ0v) is 13.7. The first-order valence-electron chi connectivity index (χ1n) is 7.51. The maximum Gasteiger partial charge on any atom is 0.178 e. The third-order valence-electron chi connectivity index (χ3n) is 3.60. The van der Waals surface area contributed by atoms with Crippen LogP contribution in [0.4, 0.5) is 0 Å². The van der Waals surface area contributed by atoms with Crippen LogP contribution in [-0.2, 0) is 13.0 Å². The Labute approximate surface area is 139 Å². The summed E-state index contributed by atoms with van der Waals surface area (Å²) < 4.78 is 5.96. The van der Waals surface area contributed by atoms with Crippen LogP contribution in [0, 0.1) is 0 Å². The maximum absolute atomic E-state index is 10.8. The molecule has 2 aromatic carbocycles. The van der Waals surface area contributed by atoms with Crippen LogP contribution in [0.25, 0.3) is 11.3 Å². The molecule has 3 nitrogen and oxygen atoms in total. The summed E-state index contributed by atoms with van der Waals surface area (Å²) in [4.78, 5) is 15.1. The topological polar surface area (TPSA) is 39.2 Å². The zero-order chi connectivity index (χ0) is 16.1. The predicted molar refractivity (Wildman–Crippen MR) is 93.1 cm³/mol. The van der Waals surface area contributed by atoms with Gasteiger partial charge in [-0.25, -0.2) is 4.98 Å². The highest BCUT2D eigenvalue weighted by molar-refractivity contribution is 7.11. The Morgan fingerprint density at radius 1 is 1.17 bits per heavy atom. The van der Waals surface area contributed by atoms with Gasteiger partial charge in [0.1, 0.15) is 12.4 Å². The summed E-state index contributed by atoms with van der Waals surface area (Å²) >= 11 is 1.36. The van der Waals surface area contributed by atoms with E-state index >= 15 is 0 Å². The summed E-state index contributed by atoms with van der Waals surface area (Å²) in [5, 5.41) is 2.41. The van der Waals surface area contributed by atoms with Crippen molar-refractivity contribution in [3.63, 3.8) is 0 Å². The molecule has 0 amide bonds. The number of nitrogens with zero attached hydrogens (tertiary/aromatic N) is 1. The van der Waals surface area contributed by atoms with Crippen molar-refractivity contribution in [1.29, 1.82) is 0 Å². The van der Waals surface area contributed by atoms with Crippen LogP contribution >= 0.6 is 11.3 Å². The number of rotatable bonds is 6. The van der Waals surface area contributed by atoms with Gasteiger partial charge in [-0.1, -0.05) is 37.3 Å². The largest absolute Gasteiger partial charge is 0.489 e. The van der Waals surface area contributed by atoms with Crippen molar-refractivity contribution in [2.75, 3.05) is 0 Å². The molecule has 0 saturated carbocycles. The van der Waals surface area contributed by atoms with E-state index in [1.165, 1.54) is 11.3 Å². The number of carbonyl (C=O) groups is 1. The average Bonchev–Trinajstić information content (AvgIpc) is 3.10. The summed E-state index contributed by atoms with van der Waals surface area (Å²) in [5.74, 6) is 0.894. The lowest BCUT2D eigenvalue weighted by Gasteiger charge is -2.12. The van der Waals surface area contributed by atoms with Crippen LogP contribution in [0.5, 0.6) is 5.75 Å². The van der Waals surface area contributed by atoms with Crippen molar-refractivity contribution < 1.29 is 9.53 Å². The molecule has 4 heteroatoms. The lowest BCUT2D eigenvalue weighted by atomic mass is 10.1. The molecule has 0 fully saturated rings. The first-order chi connectivity index (χ1) is 11.3. The Morgan fingerprint density at radius 3 is 2.70 bits per heavy atom. The zero-order valence-electron chi connectivity index (χ0n) is 12.9. The van der Waals surface area contributed by atoms with E-state index in [0.717, 1.165) is 40.8 Å². The van der Waals surface area contributed by atoms with Crippen LogP contribution in [-0.4, -0.2) is 11.3 Å². The number of hydrogen-bond acceptors (Lipinski definition) is 4. The number of thiazole rings is 1. The first-order valence-corrected chi connectivity index (χ1v) is 8.39. The molecular formula is C19H17NO2S. The predicted octanol–water partition coefficient (Wildman–Crippen LogP) is 4.76. The summed E-state index contributed by atoms with van der Waals surface area (Å²) in [5.41, 5.74) is 4.13. The van der Waals surface area contributed by atoms with Gasteiger partial charge in [-0.15, -0.1) is 11.3 Å². The molecule has 0 N–H and O–H groups in total. The molecule has 3 aromatic rings. The summed E-state index contributed by atoms with van der Waals surface area (Å²) in [6.07, 6.45) is 1.66. The van der Waals surface area contributed by atoms with Gasteiger partial charge in [0, 0.05) is 10.9 Å². The number of aromatic nitrogens is 1. The standard InChI is InChI=1S/C19H17NO2S/c1-2-15-10-16(17-13-23-19(11-21)20-17)8-9-18(15)22-12-14-6-4-3-5-7-14/h3-11,13H,2,12H2,1H3. The quantitative estimate of drug-likeness (QED) is 0.614. The van der Waals surface area contributed by atoms with Gasteiger partial charge in [0.25, 0.3) is 0 Å². The number of benzene rings is 2. The lowest BCUT2D eigenvalue weighted by Crippen LogP contribution is -1.98. The Kier molecular flexibility index (Phi) is 4.83. The molecule has 0 atom stereocenters. The number of carbonyl (C=O) groups excluding carboxylic acids is 1. The molecule has 0 bridgehead atoms. The van der Waals surface area contributed by atoms with Crippen molar-refractivity contribution in [3.8, 4) is 17.0 Å². The third kappa shape index (κ3) is 3.66. The molecule has 1 aromatic heterocycles. The van der Waals surface area contributed by atoms with Crippen LogP contribution in [0.3, 0.4) is 0 Å². The molecule has 0 radical (unpaired) electrons. The van der Waals surface area contributed by atoms with Gasteiger partial charge in [0.05, 0.1) is 5.69 Å². The lowest BCUT2D eigenvalue weighted by molar-refractivity contribution is 0.112. The van der Waals surface area contributed by atoms with E-state index in [0.29, 0.717) is 11.6 Å². The van der Waals surface area contributed by atoms with Gasteiger partial charge in [-0.05, 0) is 35.7 Å². The minimum atomic E-state index is 0.502. The van der Waals surface area contributed by atoms with Crippen LogP contribution in [0.15, 0.2) is 53.9 Å². The molecule has 1 heterocycles. The molecule has 23 heavy (non-hydrogen) atoms. The van der Waals surface area contributed by atoms with E-state index in [2.05, 4.69) is 30.1 Å². The molecule has 3 rings (SSSR count). The highest BCUT2D eigenvalue weighted by Gasteiger charge is 2.08. The van der Waals surface area contributed by atoms with Crippen LogP contribution in [0.1, 0.15) is 27.9 Å². The van der Waals surface area contributed by atoms with E-state index in [-0.39, 0.29) is 0 Å².